The maximum Gasteiger partial charge on any atom is 0.409 e. The van der Waals surface area contributed by atoms with E-state index in [0.717, 1.165) is 5.56 Å². The zero-order valence-electron chi connectivity index (χ0n) is 17.9. The van der Waals surface area contributed by atoms with Crippen LogP contribution in [0.1, 0.15) is 31.2 Å². The SMILES string of the molecule is C=CC(=O)N1CCC(C(=O)N2CCC(OC(=O)N(C)C)CC2)(c2ccccc2)CC1. The zero-order chi connectivity index (χ0) is 21.7. The van der Waals surface area contributed by atoms with Gasteiger partial charge in [0.2, 0.25) is 11.8 Å². The summed E-state index contributed by atoms with van der Waals surface area (Å²) in [4.78, 5) is 42.7. The minimum Gasteiger partial charge on any atom is -0.446 e. The number of ether oxygens (including phenoxy) is 1. The lowest BCUT2D eigenvalue weighted by Crippen LogP contribution is -2.55. The van der Waals surface area contributed by atoms with Gasteiger partial charge in [-0.2, -0.15) is 0 Å². The fraction of sp³-hybridized carbons (Fsp3) is 0.522. The van der Waals surface area contributed by atoms with E-state index in [1.165, 1.54) is 11.0 Å². The summed E-state index contributed by atoms with van der Waals surface area (Å²) >= 11 is 0. The van der Waals surface area contributed by atoms with E-state index in [1.807, 2.05) is 35.2 Å². The molecule has 30 heavy (non-hydrogen) atoms. The number of amides is 3. The van der Waals surface area contributed by atoms with E-state index in [4.69, 9.17) is 4.74 Å². The highest BCUT2D eigenvalue weighted by atomic mass is 16.6. The Balaban J connectivity index is 1.72. The third kappa shape index (κ3) is 4.50. The monoisotopic (exact) mass is 413 g/mol. The van der Waals surface area contributed by atoms with Gasteiger partial charge in [0.15, 0.2) is 0 Å². The van der Waals surface area contributed by atoms with E-state index in [1.54, 1.807) is 19.0 Å². The fourth-order valence-electron chi connectivity index (χ4n) is 4.35. The largest absolute Gasteiger partial charge is 0.446 e. The van der Waals surface area contributed by atoms with E-state index in [0.29, 0.717) is 51.9 Å². The van der Waals surface area contributed by atoms with Gasteiger partial charge < -0.3 is 19.4 Å². The topological polar surface area (TPSA) is 70.2 Å². The summed E-state index contributed by atoms with van der Waals surface area (Å²) < 4.78 is 5.48. The van der Waals surface area contributed by atoms with Crippen molar-refractivity contribution in [2.75, 3.05) is 40.3 Å². The Morgan fingerprint density at radius 2 is 1.63 bits per heavy atom. The van der Waals surface area contributed by atoms with E-state index >= 15 is 0 Å². The predicted molar refractivity (Wildman–Crippen MR) is 114 cm³/mol. The first kappa shape index (κ1) is 21.9. The molecule has 7 heteroatoms. The lowest BCUT2D eigenvalue weighted by atomic mass is 9.71. The van der Waals surface area contributed by atoms with Gasteiger partial charge in [-0.1, -0.05) is 36.9 Å². The Morgan fingerprint density at radius 1 is 1.03 bits per heavy atom. The van der Waals surface area contributed by atoms with Crippen molar-refractivity contribution in [1.29, 1.82) is 0 Å². The van der Waals surface area contributed by atoms with Crippen LogP contribution in [0.3, 0.4) is 0 Å². The molecule has 0 unspecified atom stereocenters. The predicted octanol–water partition coefficient (Wildman–Crippen LogP) is 2.42. The highest BCUT2D eigenvalue weighted by Crippen LogP contribution is 2.38. The van der Waals surface area contributed by atoms with Gasteiger partial charge >= 0.3 is 6.09 Å². The first-order valence-electron chi connectivity index (χ1n) is 10.5. The molecular weight excluding hydrogens is 382 g/mol. The van der Waals surface area contributed by atoms with Gasteiger partial charge in [-0.05, 0) is 24.5 Å². The smallest absolute Gasteiger partial charge is 0.409 e. The molecule has 0 aliphatic carbocycles. The molecule has 3 rings (SSSR count). The van der Waals surface area contributed by atoms with E-state index in [-0.39, 0.29) is 24.0 Å². The molecule has 0 N–H and O–H groups in total. The molecule has 0 atom stereocenters. The second-order valence-corrected chi connectivity index (χ2v) is 8.25. The van der Waals surface area contributed by atoms with Gasteiger partial charge in [-0.25, -0.2) is 4.79 Å². The van der Waals surface area contributed by atoms with E-state index < -0.39 is 5.41 Å². The van der Waals surface area contributed by atoms with E-state index in [2.05, 4.69) is 6.58 Å². The molecule has 1 aromatic rings. The third-order valence-electron chi connectivity index (χ3n) is 6.20. The summed E-state index contributed by atoms with van der Waals surface area (Å²) in [6, 6.07) is 9.88. The highest BCUT2D eigenvalue weighted by molar-refractivity contribution is 5.90. The van der Waals surface area contributed by atoms with Crippen LogP contribution in [-0.4, -0.2) is 79.0 Å². The Morgan fingerprint density at radius 3 is 2.17 bits per heavy atom. The van der Waals surface area contributed by atoms with Crippen LogP contribution in [0.2, 0.25) is 0 Å². The van der Waals surface area contributed by atoms with Gasteiger partial charge in [0.1, 0.15) is 6.10 Å². The minimum absolute atomic E-state index is 0.0902. The summed E-state index contributed by atoms with van der Waals surface area (Å²) in [5.74, 6) is 0.0180. The van der Waals surface area contributed by atoms with Crippen LogP contribution in [0.5, 0.6) is 0 Å². The van der Waals surface area contributed by atoms with Crippen LogP contribution < -0.4 is 0 Å². The van der Waals surface area contributed by atoms with Crippen molar-refractivity contribution >= 4 is 17.9 Å². The number of rotatable bonds is 4. The maximum absolute atomic E-state index is 13.7. The molecule has 0 spiro atoms. The van der Waals surface area contributed by atoms with Crippen LogP contribution in [0.4, 0.5) is 4.79 Å². The van der Waals surface area contributed by atoms with Gasteiger partial charge in [-0.15, -0.1) is 0 Å². The average molecular weight is 414 g/mol. The summed E-state index contributed by atoms with van der Waals surface area (Å²) in [5.41, 5.74) is 0.369. The zero-order valence-corrected chi connectivity index (χ0v) is 17.9. The standard InChI is InChI=1S/C23H31N3O4/c1-4-20(27)25-16-12-23(13-17-25,18-8-6-5-7-9-18)21(28)26-14-10-19(11-15-26)30-22(29)24(2)3/h4-9,19H,1,10-17H2,2-3H3. The molecule has 0 saturated carbocycles. The molecule has 1 aromatic carbocycles. The number of nitrogens with zero attached hydrogens (tertiary/aromatic N) is 3. The lowest BCUT2D eigenvalue weighted by Gasteiger charge is -2.44. The molecule has 0 bridgehead atoms. The molecule has 2 aliphatic heterocycles. The van der Waals surface area contributed by atoms with Crippen LogP contribution in [0.25, 0.3) is 0 Å². The Hall–Kier alpha value is -2.83. The number of carbonyl (C=O) groups is 3. The Bertz CT molecular complexity index is 777. The van der Waals surface area contributed by atoms with Crippen LogP contribution in [0.15, 0.2) is 43.0 Å². The highest BCUT2D eigenvalue weighted by Gasteiger charge is 2.46. The molecule has 0 radical (unpaired) electrons. The third-order valence-corrected chi connectivity index (χ3v) is 6.20. The molecule has 2 heterocycles. The van der Waals surface area contributed by atoms with Gasteiger partial charge in [0.25, 0.3) is 0 Å². The first-order chi connectivity index (χ1) is 14.4. The van der Waals surface area contributed by atoms with Crippen molar-refractivity contribution in [2.24, 2.45) is 0 Å². The summed E-state index contributed by atoms with van der Waals surface area (Å²) in [6.07, 6.45) is 3.27. The molecule has 0 aromatic heterocycles. The maximum atomic E-state index is 13.7. The van der Waals surface area contributed by atoms with Crippen molar-refractivity contribution in [3.63, 3.8) is 0 Å². The Kier molecular flexibility index (Phi) is 6.80. The fourth-order valence-corrected chi connectivity index (χ4v) is 4.35. The van der Waals surface area contributed by atoms with Gasteiger partial charge in [0.05, 0.1) is 5.41 Å². The molecule has 2 aliphatic rings. The van der Waals surface area contributed by atoms with Gasteiger partial charge in [-0.3, -0.25) is 9.59 Å². The molecule has 2 saturated heterocycles. The van der Waals surface area contributed by atoms with Crippen LogP contribution in [0, 0.1) is 0 Å². The molecule has 2 fully saturated rings. The van der Waals surface area contributed by atoms with Crippen molar-refractivity contribution in [3.8, 4) is 0 Å². The molecule has 7 nitrogen and oxygen atoms in total. The van der Waals surface area contributed by atoms with E-state index in [9.17, 15) is 14.4 Å². The van der Waals surface area contributed by atoms with Crippen molar-refractivity contribution in [2.45, 2.75) is 37.2 Å². The summed E-state index contributed by atoms with van der Waals surface area (Å²) in [6.45, 7) is 5.76. The number of hydrogen-bond acceptors (Lipinski definition) is 4. The number of piperidine rings is 2. The summed E-state index contributed by atoms with van der Waals surface area (Å²) in [5, 5.41) is 0. The number of benzene rings is 1. The van der Waals surface area contributed by atoms with Crippen molar-refractivity contribution < 1.29 is 19.1 Å². The minimum atomic E-state index is -0.633. The second kappa shape index (κ2) is 9.32. The lowest BCUT2D eigenvalue weighted by molar-refractivity contribution is -0.143. The molecule has 162 valence electrons. The quantitative estimate of drug-likeness (QED) is 0.711. The van der Waals surface area contributed by atoms with Gasteiger partial charge in [0, 0.05) is 53.1 Å². The molecular formula is C23H31N3O4. The van der Waals surface area contributed by atoms with Crippen LogP contribution in [-0.2, 0) is 19.7 Å². The van der Waals surface area contributed by atoms with Crippen molar-refractivity contribution in [3.05, 3.63) is 48.6 Å². The second-order valence-electron chi connectivity index (χ2n) is 8.25. The normalized spacial score (nSPS) is 19.1. The Labute approximate surface area is 178 Å². The van der Waals surface area contributed by atoms with Crippen molar-refractivity contribution in [1.82, 2.24) is 14.7 Å². The molecule has 3 amide bonds. The summed E-state index contributed by atoms with van der Waals surface area (Å²) in [7, 11) is 3.32. The first-order valence-corrected chi connectivity index (χ1v) is 10.5. The number of likely N-dealkylation sites (tertiary alicyclic amines) is 2. The number of carbonyl (C=O) groups excluding carboxylic acids is 3. The average Bonchev–Trinajstić information content (AvgIpc) is 2.79. The number of hydrogen-bond donors (Lipinski definition) is 0. The van der Waals surface area contributed by atoms with Crippen LogP contribution >= 0.6 is 0 Å².